The molecule has 0 atom stereocenters. The monoisotopic (exact) mass is 554 g/mol. The Labute approximate surface area is 218 Å². The van der Waals surface area contributed by atoms with Gasteiger partial charge in [0.1, 0.15) is 4.70 Å². The van der Waals surface area contributed by atoms with Crippen LogP contribution in [0.4, 0.5) is 5.69 Å². The van der Waals surface area contributed by atoms with E-state index in [4.69, 9.17) is 23.2 Å². The Morgan fingerprint density at radius 2 is 1.88 bits per heavy atom. The zero-order chi connectivity index (χ0) is 24.5. The fourth-order valence-electron chi connectivity index (χ4n) is 3.88. The van der Waals surface area contributed by atoms with Crippen LogP contribution in [0.3, 0.4) is 0 Å². The van der Waals surface area contributed by atoms with Crippen molar-refractivity contribution in [2.75, 3.05) is 17.2 Å². The van der Waals surface area contributed by atoms with E-state index in [1.807, 2.05) is 30.3 Å². The first-order valence-electron chi connectivity index (χ1n) is 10.9. The third-order valence-corrected chi connectivity index (χ3v) is 8.99. The van der Waals surface area contributed by atoms with Crippen LogP contribution in [0.25, 0.3) is 16.3 Å². The summed E-state index contributed by atoms with van der Waals surface area (Å²) in [4.78, 5) is 3.44. The van der Waals surface area contributed by atoms with E-state index in [2.05, 4.69) is 41.5 Å². The highest BCUT2D eigenvalue weighted by atomic mass is 35.5. The molecule has 0 spiro atoms. The van der Waals surface area contributed by atoms with Gasteiger partial charge in [-0.2, -0.15) is 4.57 Å². The number of thiazole rings is 1. The number of aromatic nitrogens is 1. The number of benzene rings is 2. The van der Waals surface area contributed by atoms with Gasteiger partial charge in [0.25, 0.3) is 5.01 Å². The van der Waals surface area contributed by atoms with Crippen LogP contribution in [0.1, 0.15) is 31.7 Å². The molecule has 1 aromatic heterocycles. The van der Waals surface area contributed by atoms with Crippen molar-refractivity contribution in [3.63, 3.8) is 0 Å². The average molecular weight is 556 g/mol. The predicted molar refractivity (Wildman–Crippen MR) is 143 cm³/mol. The lowest BCUT2D eigenvalue weighted by atomic mass is 10.2. The third-order valence-electron chi connectivity index (χ3n) is 5.50. The second-order valence-electron chi connectivity index (χ2n) is 7.83. The second-order valence-corrected chi connectivity index (χ2v) is 12.4. The number of allylic oxidation sites excluding steroid dienone is 2. The van der Waals surface area contributed by atoms with Crippen LogP contribution in [0, 0.1) is 0 Å². The number of aryl methyl sites for hydroxylation is 1. The van der Waals surface area contributed by atoms with Crippen molar-refractivity contribution in [3.8, 4) is 0 Å². The molecular formula is C24H24Cl2N2O3S3. The fraction of sp³-hybridized carbons (Fsp3) is 0.292. The van der Waals surface area contributed by atoms with Crippen LogP contribution in [-0.2, 0) is 16.7 Å². The molecule has 0 amide bonds. The predicted octanol–water partition coefficient (Wildman–Crippen LogP) is 6.70. The summed E-state index contributed by atoms with van der Waals surface area (Å²) in [7, 11) is -4.26. The largest absolute Gasteiger partial charge is 0.748 e. The van der Waals surface area contributed by atoms with Crippen molar-refractivity contribution in [1.29, 1.82) is 0 Å². The lowest BCUT2D eigenvalue weighted by Crippen LogP contribution is -2.36. The molecule has 5 nitrogen and oxygen atoms in total. The summed E-state index contributed by atoms with van der Waals surface area (Å²) in [6, 6.07) is 11.7. The molecule has 0 unspecified atom stereocenters. The van der Waals surface area contributed by atoms with Crippen LogP contribution < -0.4 is 9.47 Å². The molecule has 1 aliphatic rings. The Morgan fingerprint density at radius 3 is 2.59 bits per heavy atom. The van der Waals surface area contributed by atoms with Gasteiger partial charge in [0, 0.05) is 45.8 Å². The van der Waals surface area contributed by atoms with Gasteiger partial charge in [0.2, 0.25) is 5.52 Å². The first kappa shape index (κ1) is 25.5. The molecule has 0 radical (unpaired) electrons. The van der Waals surface area contributed by atoms with E-state index < -0.39 is 15.9 Å². The number of nitrogens with zero attached hydrogens (tertiary/aromatic N) is 2. The number of thioether (sulfide) groups is 1. The molecular weight excluding hydrogens is 531 g/mol. The second kappa shape index (κ2) is 10.6. The number of anilines is 1. The van der Waals surface area contributed by atoms with E-state index in [1.165, 1.54) is 4.90 Å². The standard InChI is InChI=1S/C24H24Cl2N2O3S3/c1-3-16(12-23-27(4-2)19-14-17(25)6-8-21(19)32-23)13-24-28(10-5-11-34(29,30)31)20-15-18(26)7-9-22(20)33-24/h6-9,12-15H,3-5,10-11H2,1-2H3. The van der Waals surface area contributed by atoms with Gasteiger partial charge in [-0.15, -0.1) is 0 Å². The molecule has 3 aromatic rings. The summed E-state index contributed by atoms with van der Waals surface area (Å²) in [5.74, 6) is -0.394. The molecule has 0 N–H and O–H groups in total. The van der Waals surface area contributed by atoms with Crippen LogP contribution in [-0.4, -0.2) is 25.3 Å². The number of hydrogen-bond donors (Lipinski definition) is 0. The molecule has 34 heavy (non-hydrogen) atoms. The maximum absolute atomic E-state index is 11.1. The lowest BCUT2D eigenvalue weighted by molar-refractivity contribution is -0.668. The van der Waals surface area contributed by atoms with Gasteiger partial charge < -0.3 is 9.45 Å². The molecule has 0 fully saturated rings. The van der Waals surface area contributed by atoms with Gasteiger partial charge in [-0.05, 0) is 55.3 Å². The zero-order valence-corrected chi connectivity index (χ0v) is 22.7. The van der Waals surface area contributed by atoms with E-state index in [0.717, 1.165) is 49.5 Å². The van der Waals surface area contributed by atoms with Gasteiger partial charge in [0.15, 0.2) is 6.54 Å². The van der Waals surface area contributed by atoms with Crippen molar-refractivity contribution in [2.45, 2.75) is 38.1 Å². The van der Waals surface area contributed by atoms with Gasteiger partial charge in [0.05, 0.1) is 20.8 Å². The van der Waals surface area contributed by atoms with E-state index in [1.54, 1.807) is 23.1 Å². The van der Waals surface area contributed by atoms with Crippen LogP contribution in [0.15, 0.2) is 58.0 Å². The first-order chi connectivity index (χ1) is 16.2. The maximum atomic E-state index is 11.1. The summed E-state index contributed by atoms with van der Waals surface area (Å²) >= 11 is 15.8. The minimum absolute atomic E-state index is 0.244. The lowest BCUT2D eigenvalue weighted by Gasteiger charge is -2.18. The van der Waals surface area contributed by atoms with Crippen molar-refractivity contribution in [3.05, 3.63) is 68.1 Å². The SMILES string of the molecule is CCC(=C/c1sc2ccc(Cl)cc2[n+]1CCCS(=O)(=O)[O-])/C=C1/Sc2ccc(Cl)cc2N1CC. The molecule has 180 valence electrons. The van der Waals surface area contributed by atoms with Crippen molar-refractivity contribution in [1.82, 2.24) is 0 Å². The van der Waals surface area contributed by atoms with E-state index in [0.29, 0.717) is 11.6 Å². The molecule has 0 saturated carbocycles. The summed E-state index contributed by atoms with van der Waals surface area (Å²) in [6.45, 7) is 5.48. The van der Waals surface area contributed by atoms with Crippen LogP contribution in [0.2, 0.25) is 10.0 Å². The Hall–Kier alpha value is -1.55. The summed E-state index contributed by atoms with van der Waals surface area (Å²) in [5.41, 5.74) is 3.19. The molecule has 1 aliphatic heterocycles. The Bertz CT molecular complexity index is 1400. The molecule has 0 bridgehead atoms. The molecule has 10 heteroatoms. The quantitative estimate of drug-likeness (QED) is 0.229. The molecule has 4 rings (SSSR count). The van der Waals surface area contributed by atoms with Crippen molar-refractivity contribution >= 4 is 78.4 Å². The molecule has 2 aromatic carbocycles. The van der Waals surface area contributed by atoms with E-state index in [-0.39, 0.29) is 6.42 Å². The smallest absolute Gasteiger partial charge is 0.263 e. The van der Waals surface area contributed by atoms with Gasteiger partial charge >= 0.3 is 0 Å². The van der Waals surface area contributed by atoms with Gasteiger partial charge in [-0.1, -0.05) is 53.2 Å². The van der Waals surface area contributed by atoms with Gasteiger partial charge in [-0.25, -0.2) is 8.42 Å². The minimum atomic E-state index is -4.26. The van der Waals surface area contributed by atoms with Crippen molar-refractivity contribution in [2.24, 2.45) is 0 Å². The number of halogens is 2. The normalized spacial score (nSPS) is 15.5. The summed E-state index contributed by atoms with van der Waals surface area (Å²) in [5, 5.41) is 3.46. The highest BCUT2D eigenvalue weighted by molar-refractivity contribution is 8.03. The highest BCUT2D eigenvalue weighted by Gasteiger charge is 2.25. The molecule has 0 saturated heterocycles. The number of rotatable bonds is 8. The van der Waals surface area contributed by atoms with Crippen LogP contribution in [0.5, 0.6) is 0 Å². The topological polar surface area (TPSA) is 64.3 Å². The Morgan fingerprint density at radius 1 is 1.15 bits per heavy atom. The molecule has 2 heterocycles. The van der Waals surface area contributed by atoms with E-state index in [9.17, 15) is 13.0 Å². The Balaban J connectivity index is 1.72. The molecule has 0 aliphatic carbocycles. The summed E-state index contributed by atoms with van der Waals surface area (Å²) in [6.07, 6.45) is 5.41. The zero-order valence-electron chi connectivity index (χ0n) is 18.8. The Kier molecular flexibility index (Phi) is 7.96. The number of fused-ring (bicyclic) bond motifs is 2. The van der Waals surface area contributed by atoms with Gasteiger partial charge in [-0.3, -0.25) is 0 Å². The van der Waals surface area contributed by atoms with E-state index >= 15 is 0 Å². The summed E-state index contributed by atoms with van der Waals surface area (Å²) < 4.78 is 36.5. The average Bonchev–Trinajstić information content (AvgIpc) is 3.29. The third kappa shape index (κ3) is 5.80. The highest BCUT2D eigenvalue weighted by Crippen LogP contribution is 2.47. The van der Waals surface area contributed by atoms with Crippen molar-refractivity contribution < 1.29 is 17.5 Å². The minimum Gasteiger partial charge on any atom is -0.748 e. The van der Waals surface area contributed by atoms with Crippen LogP contribution >= 0.6 is 46.3 Å². The number of hydrogen-bond acceptors (Lipinski definition) is 6. The fourth-order valence-corrected chi connectivity index (χ4v) is 7.03. The maximum Gasteiger partial charge on any atom is 0.263 e. The first-order valence-corrected chi connectivity index (χ1v) is 14.9.